The first kappa shape index (κ1) is 14.8. The summed E-state index contributed by atoms with van der Waals surface area (Å²) in [6.07, 6.45) is 5.51. The molecule has 6 heteroatoms. The second-order valence-electron chi connectivity index (χ2n) is 6.10. The Kier molecular flexibility index (Phi) is 4.02. The first-order chi connectivity index (χ1) is 10.6. The van der Waals surface area contributed by atoms with E-state index in [1.54, 1.807) is 0 Å². The number of pyridine rings is 1. The van der Waals surface area contributed by atoms with Gasteiger partial charge in [0.2, 0.25) is 0 Å². The standard InChI is InChI=1S/C16H22N4O2/c1-12-5-4-6-14-19-13(10-20(12)14)9-17-15(21)18-11-16(22)7-2-3-8-16/h4-6,10,22H,2-3,7-9,11H2,1H3,(H2,17,18,21). The molecule has 0 aliphatic heterocycles. The Balaban J connectivity index is 1.52. The van der Waals surface area contributed by atoms with Gasteiger partial charge in [-0.2, -0.15) is 0 Å². The lowest BCUT2D eigenvalue weighted by Crippen LogP contribution is -2.44. The number of hydrogen-bond acceptors (Lipinski definition) is 3. The molecule has 2 amide bonds. The van der Waals surface area contributed by atoms with Crippen molar-refractivity contribution in [2.45, 2.75) is 44.8 Å². The predicted molar refractivity (Wildman–Crippen MR) is 83.6 cm³/mol. The number of aromatic nitrogens is 2. The number of carbonyl (C=O) groups excluding carboxylic acids is 1. The third-order valence-corrected chi connectivity index (χ3v) is 4.29. The average Bonchev–Trinajstić information content (AvgIpc) is 3.11. The minimum Gasteiger partial charge on any atom is -0.388 e. The van der Waals surface area contributed by atoms with Crippen LogP contribution in [-0.4, -0.2) is 32.7 Å². The van der Waals surface area contributed by atoms with Crippen LogP contribution in [0, 0.1) is 6.92 Å². The van der Waals surface area contributed by atoms with Gasteiger partial charge in [0.15, 0.2) is 0 Å². The maximum absolute atomic E-state index is 11.8. The van der Waals surface area contributed by atoms with Gasteiger partial charge in [-0.25, -0.2) is 9.78 Å². The van der Waals surface area contributed by atoms with Crippen molar-refractivity contribution < 1.29 is 9.90 Å². The molecule has 0 spiro atoms. The first-order valence-corrected chi connectivity index (χ1v) is 7.73. The van der Waals surface area contributed by atoms with E-state index in [0.29, 0.717) is 13.1 Å². The second kappa shape index (κ2) is 5.96. The lowest BCUT2D eigenvalue weighted by Gasteiger charge is -2.22. The number of hydrogen-bond donors (Lipinski definition) is 3. The van der Waals surface area contributed by atoms with Crippen molar-refractivity contribution in [3.8, 4) is 0 Å². The van der Waals surface area contributed by atoms with Crippen LogP contribution in [0.25, 0.3) is 5.65 Å². The quantitative estimate of drug-likeness (QED) is 0.805. The van der Waals surface area contributed by atoms with Crippen LogP contribution >= 0.6 is 0 Å². The summed E-state index contributed by atoms with van der Waals surface area (Å²) in [6, 6.07) is 5.64. The molecule has 2 heterocycles. The Morgan fingerprint density at radius 2 is 2.14 bits per heavy atom. The fourth-order valence-electron chi connectivity index (χ4n) is 2.97. The highest BCUT2D eigenvalue weighted by Crippen LogP contribution is 2.28. The highest BCUT2D eigenvalue weighted by molar-refractivity contribution is 5.73. The molecule has 1 aliphatic rings. The van der Waals surface area contributed by atoms with Gasteiger partial charge in [-0.1, -0.05) is 18.9 Å². The molecule has 3 rings (SSSR count). The molecule has 0 bridgehead atoms. The number of carbonyl (C=O) groups is 1. The van der Waals surface area contributed by atoms with Gasteiger partial charge in [-0.15, -0.1) is 0 Å². The van der Waals surface area contributed by atoms with E-state index in [4.69, 9.17) is 0 Å². The maximum atomic E-state index is 11.8. The molecule has 1 fully saturated rings. The van der Waals surface area contributed by atoms with Crippen molar-refractivity contribution in [2.24, 2.45) is 0 Å². The van der Waals surface area contributed by atoms with Crippen LogP contribution in [0.5, 0.6) is 0 Å². The summed E-state index contributed by atoms with van der Waals surface area (Å²) >= 11 is 0. The number of aryl methyl sites for hydroxylation is 1. The van der Waals surface area contributed by atoms with E-state index in [1.807, 2.05) is 35.7 Å². The van der Waals surface area contributed by atoms with Crippen molar-refractivity contribution >= 4 is 11.7 Å². The Bertz CT molecular complexity index is 674. The van der Waals surface area contributed by atoms with Gasteiger partial charge in [0.05, 0.1) is 17.8 Å². The van der Waals surface area contributed by atoms with Crippen molar-refractivity contribution in [1.82, 2.24) is 20.0 Å². The first-order valence-electron chi connectivity index (χ1n) is 7.73. The SMILES string of the molecule is Cc1cccc2nc(CNC(=O)NCC3(O)CCCC3)cn12. The average molecular weight is 302 g/mol. The van der Waals surface area contributed by atoms with E-state index in [9.17, 15) is 9.90 Å². The van der Waals surface area contributed by atoms with E-state index in [2.05, 4.69) is 15.6 Å². The monoisotopic (exact) mass is 302 g/mol. The molecule has 0 aromatic carbocycles. The number of amides is 2. The number of fused-ring (bicyclic) bond motifs is 1. The summed E-state index contributed by atoms with van der Waals surface area (Å²) in [6.45, 7) is 2.69. The van der Waals surface area contributed by atoms with E-state index < -0.39 is 5.60 Å². The van der Waals surface area contributed by atoms with Crippen molar-refractivity contribution in [2.75, 3.05) is 6.54 Å². The number of nitrogens with zero attached hydrogens (tertiary/aromatic N) is 2. The lowest BCUT2D eigenvalue weighted by molar-refractivity contribution is 0.0501. The molecule has 0 radical (unpaired) electrons. The Hall–Kier alpha value is -2.08. The molecule has 1 saturated carbocycles. The van der Waals surface area contributed by atoms with E-state index in [-0.39, 0.29) is 6.03 Å². The van der Waals surface area contributed by atoms with Gasteiger partial charge in [0.25, 0.3) is 0 Å². The Labute approximate surface area is 129 Å². The van der Waals surface area contributed by atoms with Crippen LogP contribution in [0.3, 0.4) is 0 Å². The highest BCUT2D eigenvalue weighted by atomic mass is 16.3. The fraction of sp³-hybridized carbons (Fsp3) is 0.500. The van der Waals surface area contributed by atoms with Crippen LogP contribution in [0.4, 0.5) is 4.79 Å². The summed E-state index contributed by atoms with van der Waals surface area (Å²) < 4.78 is 2.00. The third kappa shape index (κ3) is 3.22. The van der Waals surface area contributed by atoms with Crippen LogP contribution in [0.1, 0.15) is 37.1 Å². The molecular weight excluding hydrogens is 280 g/mol. The molecular formula is C16H22N4O2. The second-order valence-corrected chi connectivity index (χ2v) is 6.10. The summed E-state index contributed by atoms with van der Waals surface area (Å²) in [7, 11) is 0. The zero-order valence-electron chi connectivity index (χ0n) is 12.8. The van der Waals surface area contributed by atoms with Crippen LogP contribution in [0.15, 0.2) is 24.4 Å². The van der Waals surface area contributed by atoms with Gasteiger partial charge in [0, 0.05) is 18.4 Å². The fourth-order valence-corrected chi connectivity index (χ4v) is 2.97. The van der Waals surface area contributed by atoms with Crippen LogP contribution in [0.2, 0.25) is 0 Å². The number of rotatable bonds is 4. The van der Waals surface area contributed by atoms with E-state index in [1.165, 1.54) is 0 Å². The number of imidazole rings is 1. The maximum Gasteiger partial charge on any atom is 0.315 e. The van der Waals surface area contributed by atoms with Gasteiger partial charge in [0.1, 0.15) is 5.65 Å². The van der Waals surface area contributed by atoms with Crippen LogP contribution < -0.4 is 10.6 Å². The Morgan fingerprint density at radius 1 is 1.36 bits per heavy atom. The molecule has 2 aromatic rings. The van der Waals surface area contributed by atoms with Crippen molar-refractivity contribution in [3.63, 3.8) is 0 Å². The molecule has 6 nitrogen and oxygen atoms in total. The van der Waals surface area contributed by atoms with Gasteiger partial charge in [-0.3, -0.25) is 0 Å². The normalized spacial score (nSPS) is 16.8. The Morgan fingerprint density at radius 3 is 2.86 bits per heavy atom. The molecule has 1 aliphatic carbocycles. The summed E-state index contributed by atoms with van der Waals surface area (Å²) in [5.74, 6) is 0. The molecule has 118 valence electrons. The van der Waals surface area contributed by atoms with Crippen molar-refractivity contribution in [3.05, 3.63) is 35.8 Å². The molecule has 0 atom stereocenters. The van der Waals surface area contributed by atoms with Gasteiger partial charge in [-0.05, 0) is 31.9 Å². The molecule has 2 aromatic heterocycles. The smallest absolute Gasteiger partial charge is 0.315 e. The number of urea groups is 1. The number of nitrogens with one attached hydrogen (secondary N) is 2. The summed E-state index contributed by atoms with van der Waals surface area (Å²) in [5.41, 5.74) is 2.06. The molecule has 0 unspecified atom stereocenters. The van der Waals surface area contributed by atoms with Gasteiger partial charge < -0.3 is 20.1 Å². The lowest BCUT2D eigenvalue weighted by atomic mass is 10.0. The highest BCUT2D eigenvalue weighted by Gasteiger charge is 2.31. The molecule has 3 N–H and O–H groups in total. The third-order valence-electron chi connectivity index (χ3n) is 4.29. The molecule has 0 saturated heterocycles. The zero-order chi connectivity index (χ0) is 15.6. The van der Waals surface area contributed by atoms with Gasteiger partial charge >= 0.3 is 6.03 Å². The zero-order valence-corrected chi connectivity index (χ0v) is 12.8. The van der Waals surface area contributed by atoms with E-state index in [0.717, 1.165) is 42.7 Å². The summed E-state index contributed by atoms with van der Waals surface area (Å²) in [5, 5.41) is 15.7. The van der Waals surface area contributed by atoms with E-state index >= 15 is 0 Å². The minimum atomic E-state index is -0.725. The van der Waals surface area contributed by atoms with Crippen LogP contribution in [-0.2, 0) is 6.54 Å². The summed E-state index contributed by atoms with van der Waals surface area (Å²) in [4.78, 5) is 16.3. The van der Waals surface area contributed by atoms with Crippen molar-refractivity contribution in [1.29, 1.82) is 0 Å². The minimum absolute atomic E-state index is 0.269. The topological polar surface area (TPSA) is 78.7 Å². The largest absolute Gasteiger partial charge is 0.388 e. The number of aliphatic hydroxyl groups is 1. The molecule has 22 heavy (non-hydrogen) atoms. The predicted octanol–water partition coefficient (Wildman–Crippen LogP) is 1.75.